The summed E-state index contributed by atoms with van der Waals surface area (Å²) in [4.78, 5) is 62.5. The number of ether oxygens (including phenoxy) is 3. The minimum Gasteiger partial charge on any atom is -0.497 e. The molecular formula is C41H41N9O6. The Bertz CT molecular complexity index is 2400. The van der Waals surface area contributed by atoms with Gasteiger partial charge in [0.25, 0.3) is 5.91 Å². The van der Waals surface area contributed by atoms with E-state index in [1.807, 2.05) is 50.6 Å². The lowest BCUT2D eigenvalue weighted by atomic mass is 10.1. The number of anilines is 2. The second kappa shape index (κ2) is 17.3. The first-order valence-electron chi connectivity index (χ1n) is 17.7. The molecule has 6 aromatic rings. The zero-order chi connectivity index (χ0) is 39.8. The Kier molecular flexibility index (Phi) is 11.9. The van der Waals surface area contributed by atoms with Gasteiger partial charge in [-0.25, -0.2) is 14.8 Å². The number of nitrogens with one attached hydrogen (secondary N) is 1. The minimum atomic E-state index is -0.846. The van der Waals surface area contributed by atoms with E-state index in [1.54, 1.807) is 80.0 Å². The van der Waals surface area contributed by atoms with Crippen LogP contribution in [0.2, 0.25) is 0 Å². The summed E-state index contributed by atoms with van der Waals surface area (Å²) >= 11 is 0. The normalized spacial score (nSPS) is 11.3. The van der Waals surface area contributed by atoms with E-state index in [-0.39, 0.29) is 31.3 Å². The second-order valence-corrected chi connectivity index (χ2v) is 12.7. The third kappa shape index (κ3) is 9.31. The molecule has 3 heterocycles. The number of nitrogens with zero attached hydrogens (tertiary/aromatic N) is 7. The molecule has 15 heteroatoms. The van der Waals surface area contributed by atoms with Crippen molar-refractivity contribution in [1.82, 2.24) is 24.5 Å². The van der Waals surface area contributed by atoms with Crippen LogP contribution in [0, 0.1) is 20.8 Å². The average Bonchev–Trinajstić information content (AvgIpc) is 3.52. The molecular weight excluding hydrogens is 715 g/mol. The zero-order valence-electron chi connectivity index (χ0n) is 31.6. The van der Waals surface area contributed by atoms with Crippen LogP contribution in [0.15, 0.2) is 96.1 Å². The number of fused-ring (bicyclic) bond motifs is 1. The Morgan fingerprint density at radius 2 is 1.57 bits per heavy atom. The van der Waals surface area contributed by atoms with Crippen molar-refractivity contribution in [3.8, 4) is 11.5 Å². The molecule has 6 rings (SSSR count). The number of hydrogen-bond acceptors (Lipinski definition) is 11. The summed E-state index contributed by atoms with van der Waals surface area (Å²) in [6, 6.07) is 24.2. The van der Waals surface area contributed by atoms with Crippen molar-refractivity contribution in [1.29, 1.82) is 0 Å². The number of rotatable bonds is 13. The summed E-state index contributed by atoms with van der Waals surface area (Å²) in [5.74, 6) is 1.27. The monoisotopic (exact) mass is 755 g/mol. The van der Waals surface area contributed by atoms with Crippen molar-refractivity contribution < 1.29 is 28.6 Å². The van der Waals surface area contributed by atoms with Crippen LogP contribution < -0.4 is 25.4 Å². The number of pyridine rings is 1. The van der Waals surface area contributed by atoms with Crippen LogP contribution >= 0.6 is 0 Å². The Labute approximate surface area is 323 Å². The molecule has 56 heavy (non-hydrogen) atoms. The number of carbonyl (C=O) groups is 3. The van der Waals surface area contributed by atoms with Crippen molar-refractivity contribution in [3.05, 3.63) is 131 Å². The van der Waals surface area contributed by atoms with E-state index < -0.39 is 12.1 Å². The number of methoxy groups -OCH3 is 1. The smallest absolute Gasteiger partial charge is 0.441 e. The summed E-state index contributed by atoms with van der Waals surface area (Å²) in [6.07, 6.45) is 0.688. The van der Waals surface area contributed by atoms with Gasteiger partial charge < -0.3 is 29.8 Å². The topological polar surface area (TPSA) is 189 Å². The lowest BCUT2D eigenvalue weighted by molar-refractivity contribution is -0.144. The van der Waals surface area contributed by atoms with Crippen LogP contribution in [-0.2, 0) is 29.7 Å². The number of imidazole rings is 1. The largest absolute Gasteiger partial charge is 0.497 e. The minimum absolute atomic E-state index is 0.0101. The fourth-order valence-corrected chi connectivity index (χ4v) is 5.72. The van der Waals surface area contributed by atoms with E-state index in [4.69, 9.17) is 24.9 Å². The highest BCUT2D eigenvalue weighted by atomic mass is 16.5. The maximum Gasteiger partial charge on any atom is 0.441 e. The van der Waals surface area contributed by atoms with E-state index in [0.29, 0.717) is 51.9 Å². The molecule has 0 radical (unpaired) electrons. The number of amides is 2. The van der Waals surface area contributed by atoms with E-state index >= 15 is 0 Å². The third-order valence-corrected chi connectivity index (χ3v) is 8.99. The molecule has 2 amide bonds. The first-order valence-corrected chi connectivity index (χ1v) is 17.7. The number of aliphatic imine (C=N–C) groups is 1. The van der Waals surface area contributed by atoms with Crippen LogP contribution in [0.1, 0.15) is 50.9 Å². The van der Waals surface area contributed by atoms with Crippen LogP contribution in [-0.4, -0.2) is 62.0 Å². The number of hydrogen-bond donors (Lipinski definition) is 2. The molecule has 0 aliphatic carbocycles. The van der Waals surface area contributed by atoms with Gasteiger partial charge in [-0.15, -0.1) is 0 Å². The highest BCUT2D eigenvalue weighted by Crippen LogP contribution is 2.22. The quantitative estimate of drug-likeness (QED) is 0.0797. The Morgan fingerprint density at radius 3 is 2.29 bits per heavy atom. The molecule has 286 valence electrons. The van der Waals surface area contributed by atoms with Gasteiger partial charge in [0, 0.05) is 36.6 Å². The standard InChI is InChI=1S/C41H41N9O6/c1-25-26(2)46-34(27(3)45-25)24-55-38(51)19-21-50(36-8-6-7-20-43-36)40(52)29-11-18-35-33(22-29)47-37(49(35)4)23-44-30-12-9-28(10-13-30)39(42)48-41(53)56-32-16-14-31(54-5)15-17-32/h6-18,20,22,44H,19,21,23-24H2,1-5H3,(H2,42,48,53). The number of amidine groups is 1. The van der Waals surface area contributed by atoms with Crippen molar-refractivity contribution in [2.45, 2.75) is 40.3 Å². The number of carbonyl (C=O) groups excluding carboxylic acids is 3. The average molecular weight is 756 g/mol. The first-order chi connectivity index (χ1) is 27.0. The summed E-state index contributed by atoms with van der Waals surface area (Å²) in [6.45, 7) is 5.97. The van der Waals surface area contributed by atoms with Crippen LogP contribution in [0.3, 0.4) is 0 Å². The van der Waals surface area contributed by atoms with Crippen molar-refractivity contribution in [2.24, 2.45) is 17.8 Å². The van der Waals surface area contributed by atoms with Gasteiger partial charge in [-0.2, -0.15) is 4.99 Å². The van der Waals surface area contributed by atoms with E-state index in [1.165, 1.54) is 4.90 Å². The maximum absolute atomic E-state index is 14.0. The van der Waals surface area contributed by atoms with E-state index in [9.17, 15) is 14.4 Å². The Morgan fingerprint density at radius 1 is 0.857 bits per heavy atom. The molecule has 0 bridgehead atoms. The highest BCUT2D eigenvalue weighted by molar-refractivity contribution is 6.07. The molecule has 0 aliphatic rings. The zero-order valence-corrected chi connectivity index (χ0v) is 31.6. The predicted molar refractivity (Wildman–Crippen MR) is 211 cm³/mol. The van der Waals surface area contributed by atoms with Gasteiger partial charge in [0.1, 0.15) is 35.6 Å². The Balaban J connectivity index is 1.08. The number of nitrogens with two attached hydrogens (primary N) is 1. The molecule has 0 saturated heterocycles. The van der Waals surface area contributed by atoms with Crippen LogP contribution in [0.25, 0.3) is 11.0 Å². The summed E-state index contributed by atoms with van der Waals surface area (Å²) in [7, 11) is 3.45. The van der Waals surface area contributed by atoms with Crippen LogP contribution in [0.5, 0.6) is 11.5 Å². The predicted octanol–water partition coefficient (Wildman–Crippen LogP) is 5.99. The first kappa shape index (κ1) is 38.6. The molecule has 0 spiro atoms. The summed E-state index contributed by atoms with van der Waals surface area (Å²) < 4.78 is 17.8. The molecule has 0 fully saturated rings. The van der Waals surface area contributed by atoms with Crippen molar-refractivity contribution >= 4 is 46.3 Å². The molecule has 0 aliphatic heterocycles. The maximum atomic E-state index is 14.0. The van der Waals surface area contributed by atoms with Crippen LogP contribution in [0.4, 0.5) is 16.3 Å². The van der Waals surface area contributed by atoms with Gasteiger partial charge in [0.05, 0.1) is 53.9 Å². The second-order valence-electron chi connectivity index (χ2n) is 12.7. The van der Waals surface area contributed by atoms with Gasteiger partial charge in [-0.1, -0.05) is 6.07 Å². The lowest BCUT2D eigenvalue weighted by Crippen LogP contribution is -2.34. The molecule has 3 N–H and O–H groups in total. The number of esters is 1. The fraction of sp³-hybridized carbons (Fsp3) is 0.220. The fourth-order valence-electron chi connectivity index (χ4n) is 5.72. The molecule has 15 nitrogen and oxygen atoms in total. The van der Waals surface area contributed by atoms with Gasteiger partial charge in [0.2, 0.25) is 0 Å². The van der Waals surface area contributed by atoms with Crippen molar-refractivity contribution in [3.63, 3.8) is 0 Å². The van der Waals surface area contributed by atoms with Gasteiger partial charge in [-0.3, -0.25) is 24.5 Å². The number of benzene rings is 3. The molecule has 3 aromatic heterocycles. The van der Waals surface area contributed by atoms with Crippen molar-refractivity contribution in [2.75, 3.05) is 23.9 Å². The van der Waals surface area contributed by atoms with Gasteiger partial charge >= 0.3 is 12.1 Å². The molecule has 3 aromatic carbocycles. The SMILES string of the molecule is COc1ccc(OC(=O)/N=C(\N)c2ccc(NCc3nc4cc(C(=O)N(CCC(=O)OCc5nc(C)c(C)nc5C)c5ccccn5)ccc4n3C)cc2)cc1. The number of aromatic nitrogens is 5. The highest BCUT2D eigenvalue weighted by Gasteiger charge is 2.22. The third-order valence-electron chi connectivity index (χ3n) is 8.99. The van der Waals surface area contributed by atoms with Gasteiger partial charge in [-0.05, 0) is 99.6 Å². The lowest BCUT2D eigenvalue weighted by Gasteiger charge is -2.21. The molecule has 0 saturated carbocycles. The molecule has 0 unspecified atom stereocenters. The molecule has 0 atom stereocenters. The summed E-state index contributed by atoms with van der Waals surface area (Å²) in [5, 5.41) is 3.34. The summed E-state index contributed by atoms with van der Waals surface area (Å²) in [5.41, 5.74) is 12.1. The van der Waals surface area contributed by atoms with E-state index in [0.717, 1.165) is 28.4 Å². The number of aryl methyl sites for hydroxylation is 4. The van der Waals surface area contributed by atoms with Gasteiger partial charge in [0.15, 0.2) is 0 Å². The Hall–Kier alpha value is -7.16. The van der Waals surface area contributed by atoms with E-state index in [2.05, 4.69) is 25.3 Å².